The fourth-order valence-corrected chi connectivity index (χ4v) is 12.8. The highest BCUT2D eigenvalue weighted by Crippen LogP contribution is 2.76. The van der Waals surface area contributed by atoms with E-state index in [-0.39, 0.29) is 51.4 Å². The summed E-state index contributed by atoms with van der Waals surface area (Å²) in [5.41, 5.74) is 3.13. The number of esters is 1. The van der Waals surface area contributed by atoms with Crippen LogP contribution in [-0.2, 0) is 25.5 Å². The number of carbonyl (C=O) groups is 3. The van der Waals surface area contributed by atoms with Gasteiger partial charge >= 0.3 is 5.97 Å². The van der Waals surface area contributed by atoms with Crippen LogP contribution in [0, 0.1) is 50.7 Å². The van der Waals surface area contributed by atoms with Crippen LogP contribution in [0.15, 0.2) is 35.4 Å². The highest BCUT2D eigenvalue weighted by molar-refractivity contribution is 6.07. The molecule has 4 saturated carbocycles. The minimum Gasteiger partial charge on any atom is -0.497 e. The molecule has 4 fully saturated rings. The number of hydrogen-bond donors (Lipinski definition) is 0. The summed E-state index contributed by atoms with van der Waals surface area (Å²) >= 11 is 0. The first-order valence-corrected chi connectivity index (χ1v) is 18.7. The smallest absolute Gasteiger partial charge is 0.302 e. The van der Waals surface area contributed by atoms with E-state index in [0.717, 1.165) is 75.5 Å². The van der Waals surface area contributed by atoms with Gasteiger partial charge in [-0.05, 0) is 133 Å². The molecule has 0 radical (unpaired) electrons. The van der Waals surface area contributed by atoms with E-state index in [0.29, 0.717) is 30.5 Å². The largest absolute Gasteiger partial charge is 0.497 e. The average molecular weight is 645 g/mol. The van der Waals surface area contributed by atoms with Crippen LogP contribution in [0.2, 0.25) is 0 Å². The summed E-state index contributed by atoms with van der Waals surface area (Å²) < 4.78 is 11.3. The summed E-state index contributed by atoms with van der Waals surface area (Å²) in [7, 11) is 1.68. The average Bonchev–Trinajstić information content (AvgIpc) is 3.32. The van der Waals surface area contributed by atoms with Crippen LogP contribution in [0.3, 0.4) is 0 Å². The van der Waals surface area contributed by atoms with E-state index < -0.39 is 5.41 Å². The summed E-state index contributed by atoms with van der Waals surface area (Å²) in [6, 6.07) is 8.15. The standard InChI is InChI=1S/C42H60O5/c1-26(2)36-31(44)25-42(34(45)12-10-11-28-13-15-29(46-9)16-14-28)24-23-40(7)30(37(36)42)17-18-33-39(6)21-20-35(47-27(3)43)38(4,5)32(39)19-22-41(33,40)8/h13-16,26,30,32-33,35H,10-12,17-25H2,1-9H3/t30-,32+,33-,35+,39+,40-,41-,42+/m1/s1. The molecule has 0 amide bonds. The molecular weight excluding hydrogens is 584 g/mol. The van der Waals surface area contributed by atoms with E-state index in [1.54, 1.807) is 14.0 Å². The van der Waals surface area contributed by atoms with E-state index in [2.05, 4.69) is 60.6 Å². The molecule has 5 aliphatic rings. The van der Waals surface area contributed by atoms with Gasteiger partial charge in [0.1, 0.15) is 17.6 Å². The van der Waals surface area contributed by atoms with Crippen molar-refractivity contribution >= 4 is 17.5 Å². The van der Waals surface area contributed by atoms with Gasteiger partial charge in [0.2, 0.25) is 0 Å². The Bertz CT molecular complexity index is 1450. The van der Waals surface area contributed by atoms with E-state index in [4.69, 9.17) is 9.47 Å². The number of carbonyl (C=O) groups excluding carboxylic acids is 3. The lowest BCUT2D eigenvalue weighted by atomic mass is 9.33. The highest BCUT2D eigenvalue weighted by Gasteiger charge is 2.70. The van der Waals surface area contributed by atoms with Crippen LogP contribution in [0.25, 0.3) is 0 Å². The number of ketones is 2. The van der Waals surface area contributed by atoms with Crippen molar-refractivity contribution in [3.05, 3.63) is 41.0 Å². The number of aryl methyl sites for hydroxylation is 1. The highest BCUT2D eigenvalue weighted by atomic mass is 16.5. The Morgan fingerprint density at radius 2 is 1.57 bits per heavy atom. The molecule has 0 N–H and O–H groups in total. The van der Waals surface area contributed by atoms with Crippen molar-refractivity contribution in [2.24, 2.45) is 50.7 Å². The van der Waals surface area contributed by atoms with Crippen molar-refractivity contribution in [1.82, 2.24) is 0 Å². The summed E-state index contributed by atoms with van der Waals surface area (Å²) in [4.78, 5) is 40.5. The van der Waals surface area contributed by atoms with Crippen molar-refractivity contribution in [1.29, 1.82) is 0 Å². The van der Waals surface area contributed by atoms with Crippen molar-refractivity contribution in [2.75, 3.05) is 7.11 Å². The number of Topliss-reactive ketones (excluding diaryl/α,β-unsaturated/α-hetero) is 2. The van der Waals surface area contributed by atoms with Crippen molar-refractivity contribution in [2.45, 2.75) is 139 Å². The summed E-state index contributed by atoms with van der Waals surface area (Å²) in [6.45, 7) is 18.3. The van der Waals surface area contributed by atoms with Crippen LogP contribution in [0.5, 0.6) is 5.75 Å². The van der Waals surface area contributed by atoms with Gasteiger partial charge in [-0.2, -0.15) is 0 Å². The molecule has 1 aromatic rings. The van der Waals surface area contributed by atoms with Gasteiger partial charge in [-0.25, -0.2) is 0 Å². The molecule has 5 heteroatoms. The van der Waals surface area contributed by atoms with Gasteiger partial charge in [-0.3, -0.25) is 14.4 Å². The number of fused-ring (bicyclic) bond motifs is 7. The third-order valence-corrected chi connectivity index (χ3v) is 15.2. The molecule has 0 heterocycles. The Kier molecular flexibility index (Phi) is 8.69. The minimum atomic E-state index is -0.616. The molecule has 0 unspecified atom stereocenters. The first-order valence-electron chi connectivity index (χ1n) is 18.7. The van der Waals surface area contributed by atoms with Crippen molar-refractivity contribution < 1.29 is 23.9 Å². The molecule has 0 saturated heterocycles. The zero-order valence-electron chi connectivity index (χ0n) is 30.7. The van der Waals surface area contributed by atoms with Crippen molar-refractivity contribution in [3.8, 4) is 5.75 Å². The molecule has 5 nitrogen and oxygen atoms in total. The third-order valence-electron chi connectivity index (χ3n) is 15.2. The Balaban J connectivity index is 1.30. The van der Waals surface area contributed by atoms with Crippen molar-refractivity contribution in [3.63, 3.8) is 0 Å². The molecule has 0 aliphatic heterocycles. The van der Waals surface area contributed by atoms with Gasteiger partial charge in [0.15, 0.2) is 5.78 Å². The second-order valence-electron chi connectivity index (χ2n) is 17.9. The molecule has 8 atom stereocenters. The molecule has 0 spiro atoms. The number of benzene rings is 1. The fraction of sp³-hybridized carbons (Fsp3) is 0.738. The Hall–Kier alpha value is -2.43. The predicted molar refractivity (Wildman–Crippen MR) is 186 cm³/mol. The van der Waals surface area contributed by atoms with Gasteiger partial charge < -0.3 is 9.47 Å². The molecular formula is C42H60O5. The SMILES string of the molecule is COc1ccc(CCCC(=O)[C@@]23CC[C@]4(C)[C@H](CC[C@@H]5[C@@]6(C)CC[C@H](OC(C)=O)C(C)(C)[C@@H]6CC[C@]54C)C2=C(C(C)C)C(=O)C3)cc1. The Morgan fingerprint density at radius 3 is 2.21 bits per heavy atom. The maximum atomic E-state index is 14.5. The molecule has 1 aromatic carbocycles. The topological polar surface area (TPSA) is 69.7 Å². The number of hydrogen-bond acceptors (Lipinski definition) is 5. The van der Waals surface area contributed by atoms with Gasteiger partial charge in [0.25, 0.3) is 0 Å². The first-order chi connectivity index (χ1) is 22.0. The summed E-state index contributed by atoms with van der Waals surface area (Å²) in [6.07, 6.45) is 10.9. The lowest BCUT2D eigenvalue weighted by Crippen LogP contribution is -2.66. The normalized spacial score (nSPS) is 39.1. The predicted octanol–water partition coefficient (Wildman–Crippen LogP) is 9.50. The molecule has 0 bridgehead atoms. The maximum Gasteiger partial charge on any atom is 0.302 e. The quantitative estimate of drug-likeness (QED) is 0.264. The lowest BCUT2D eigenvalue weighted by molar-refractivity contribution is -0.232. The van der Waals surface area contributed by atoms with Crippen LogP contribution >= 0.6 is 0 Å². The van der Waals surface area contributed by atoms with Crippen LogP contribution < -0.4 is 4.74 Å². The number of allylic oxidation sites excluding steroid dienone is 2. The van der Waals surface area contributed by atoms with E-state index in [1.165, 1.54) is 11.1 Å². The van der Waals surface area contributed by atoms with Crippen LogP contribution in [-0.4, -0.2) is 30.7 Å². The molecule has 47 heavy (non-hydrogen) atoms. The second kappa shape index (κ2) is 11.9. The monoisotopic (exact) mass is 644 g/mol. The second-order valence-corrected chi connectivity index (χ2v) is 17.9. The zero-order chi connectivity index (χ0) is 34.2. The van der Waals surface area contributed by atoms with Gasteiger partial charge in [-0.1, -0.05) is 60.6 Å². The van der Waals surface area contributed by atoms with E-state index >= 15 is 0 Å². The Labute approximate surface area is 284 Å². The summed E-state index contributed by atoms with van der Waals surface area (Å²) in [5, 5.41) is 0. The number of methoxy groups -OCH3 is 1. The first kappa shape index (κ1) is 34.4. The van der Waals surface area contributed by atoms with E-state index in [9.17, 15) is 14.4 Å². The number of ether oxygens (including phenoxy) is 2. The zero-order valence-corrected chi connectivity index (χ0v) is 30.7. The number of rotatable bonds is 8. The Morgan fingerprint density at radius 1 is 0.872 bits per heavy atom. The van der Waals surface area contributed by atoms with Crippen LogP contribution in [0.4, 0.5) is 0 Å². The van der Waals surface area contributed by atoms with Gasteiger partial charge in [0.05, 0.1) is 12.5 Å². The molecule has 0 aromatic heterocycles. The minimum absolute atomic E-state index is 0.0244. The third kappa shape index (κ3) is 5.09. The van der Waals surface area contributed by atoms with Crippen LogP contribution in [0.1, 0.15) is 132 Å². The van der Waals surface area contributed by atoms with Gasteiger partial charge in [0, 0.05) is 25.2 Å². The maximum absolute atomic E-state index is 14.5. The summed E-state index contributed by atoms with van der Waals surface area (Å²) in [5.74, 6) is 2.69. The lowest BCUT2D eigenvalue weighted by Gasteiger charge is -2.72. The molecule has 6 rings (SSSR count). The van der Waals surface area contributed by atoms with E-state index in [1.807, 2.05) is 12.1 Å². The molecule has 5 aliphatic carbocycles. The fourth-order valence-electron chi connectivity index (χ4n) is 12.8. The van der Waals surface area contributed by atoms with Gasteiger partial charge in [-0.15, -0.1) is 0 Å². The molecule has 258 valence electrons.